The number of imide groups is 1. The molecule has 1 fully saturated rings. The van der Waals surface area contributed by atoms with Crippen LogP contribution in [0.1, 0.15) is 19.8 Å². The van der Waals surface area contributed by atoms with Crippen LogP contribution in [0, 0.1) is 0 Å². The predicted octanol–water partition coefficient (Wildman–Crippen LogP) is -1.29. The number of carbonyl (C=O) groups is 3. The first kappa shape index (κ1) is 15.4. The monoisotopic (exact) mass is 272 g/mol. The molecule has 19 heavy (non-hydrogen) atoms. The second-order valence-electron chi connectivity index (χ2n) is 4.73. The number of carbonyl (C=O) groups excluding carboxylic acids is 2. The second kappa shape index (κ2) is 6.48. The van der Waals surface area contributed by atoms with E-state index in [-0.39, 0.29) is 19.5 Å². The molecule has 0 aromatic carbocycles. The molecule has 1 unspecified atom stereocenters. The second-order valence-corrected chi connectivity index (χ2v) is 4.73. The van der Waals surface area contributed by atoms with Crippen LogP contribution in [0.2, 0.25) is 0 Å². The van der Waals surface area contributed by atoms with Gasteiger partial charge in [-0.25, -0.2) is 4.79 Å². The number of carboxylic acid groups (broad SMARTS) is 1. The van der Waals surface area contributed by atoms with Gasteiger partial charge in [-0.3, -0.25) is 19.8 Å². The minimum absolute atomic E-state index is 0.0359. The number of nitrogens with two attached hydrogens (primary N) is 1. The molecule has 1 aliphatic rings. The Kier molecular flexibility index (Phi) is 5.25. The standard InChI is InChI=1S/C11H20N4O4/c1-2-4-13-10(19)14-8(16)6-15-5-3-11(12,7-15)9(17)18/h2-7,12H2,1H3,(H,17,18)(H2,13,14,16,19). The van der Waals surface area contributed by atoms with E-state index in [0.717, 1.165) is 6.42 Å². The molecule has 1 atom stereocenters. The third-order valence-electron chi connectivity index (χ3n) is 2.96. The van der Waals surface area contributed by atoms with Crippen molar-refractivity contribution in [3.05, 3.63) is 0 Å². The summed E-state index contributed by atoms with van der Waals surface area (Å²) in [5.41, 5.74) is 4.38. The fraction of sp³-hybridized carbons (Fsp3) is 0.727. The number of amides is 3. The van der Waals surface area contributed by atoms with Crippen LogP contribution in [-0.4, -0.2) is 59.6 Å². The Morgan fingerprint density at radius 2 is 2.11 bits per heavy atom. The normalized spacial score (nSPS) is 23.1. The molecular formula is C11H20N4O4. The highest BCUT2D eigenvalue weighted by atomic mass is 16.4. The van der Waals surface area contributed by atoms with E-state index in [1.165, 1.54) is 0 Å². The van der Waals surface area contributed by atoms with Crippen LogP contribution in [0.4, 0.5) is 4.79 Å². The SMILES string of the molecule is CCCNC(=O)NC(=O)CN1CCC(N)(C(=O)O)C1. The topological polar surface area (TPSA) is 125 Å². The van der Waals surface area contributed by atoms with Crippen molar-refractivity contribution in [3.63, 3.8) is 0 Å². The smallest absolute Gasteiger partial charge is 0.325 e. The van der Waals surface area contributed by atoms with Gasteiger partial charge < -0.3 is 16.2 Å². The molecular weight excluding hydrogens is 252 g/mol. The van der Waals surface area contributed by atoms with Crippen LogP contribution >= 0.6 is 0 Å². The van der Waals surface area contributed by atoms with Crippen molar-refractivity contribution in [2.45, 2.75) is 25.3 Å². The molecule has 0 aromatic heterocycles. The number of nitrogens with one attached hydrogen (secondary N) is 2. The van der Waals surface area contributed by atoms with E-state index in [0.29, 0.717) is 13.1 Å². The summed E-state index contributed by atoms with van der Waals surface area (Å²) in [6.07, 6.45) is 1.07. The van der Waals surface area contributed by atoms with Gasteiger partial charge in [0.2, 0.25) is 5.91 Å². The summed E-state index contributed by atoms with van der Waals surface area (Å²) in [7, 11) is 0. The highest BCUT2D eigenvalue weighted by Gasteiger charge is 2.41. The van der Waals surface area contributed by atoms with E-state index in [1.54, 1.807) is 4.90 Å². The number of aliphatic carboxylic acids is 1. The molecule has 8 heteroatoms. The summed E-state index contributed by atoms with van der Waals surface area (Å²) in [6, 6.07) is -0.539. The maximum atomic E-state index is 11.6. The maximum Gasteiger partial charge on any atom is 0.325 e. The van der Waals surface area contributed by atoms with Crippen LogP contribution in [-0.2, 0) is 9.59 Å². The summed E-state index contributed by atoms with van der Waals surface area (Å²) >= 11 is 0. The van der Waals surface area contributed by atoms with Crippen molar-refractivity contribution >= 4 is 17.9 Å². The Morgan fingerprint density at radius 3 is 2.63 bits per heavy atom. The van der Waals surface area contributed by atoms with E-state index >= 15 is 0 Å². The Labute approximate surface area is 111 Å². The van der Waals surface area contributed by atoms with E-state index in [9.17, 15) is 14.4 Å². The van der Waals surface area contributed by atoms with Gasteiger partial charge in [-0.15, -0.1) is 0 Å². The number of nitrogens with zero attached hydrogens (tertiary/aromatic N) is 1. The molecule has 1 heterocycles. The predicted molar refractivity (Wildman–Crippen MR) is 67.4 cm³/mol. The summed E-state index contributed by atoms with van der Waals surface area (Å²) < 4.78 is 0. The molecule has 0 spiro atoms. The van der Waals surface area contributed by atoms with Gasteiger partial charge >= 0.3 is 12.0 Å². The summed E-state index contributed by atoms with van der Waals surface area (Å²) in [6.45, 7) is 2.89. The number of hydrogen-bond donors (Lipinski definition) is 4. The van der Waals surface area contributed by atoms with Crippen LogP contribution < -0.4 is 16.4 Å². The van der Waals surface area contributed by atoms with Gasteiger partial charge in [0.05, 0.1) is 6.54 Å². The Bertz CT molecular complexity index is 374. The van der Waals surface area contributed by atoms with E-state index < -0.39 is 23.4 Å². The molecule has 0 aromatic rings. The number of likely N-dealkylation sites (tertiary alicyclic amines) is 1. The quantitative estimate of drug-likeness (QED) is 0.493. The first-order chi connectivity index (χ1) is 8.87. The zero-order chi connectivity index (χ0) is 14.5. The van der Waals surface area contributed by atoms with Crippen molar-refractivity contribution in [1.29, 1.82) is 0 Å². The fourth-order valence-corrected chi connectivity index (χ4v) is 1.88. The molecule has 0 saturated carbocycles. The molecule has 8 nitrogen and oxygen atoms in total. The molecule has 1 saturated heterocycles. The molecule has 108 valence electrons. The van der Waals surface area contributed by atoms with Gasteiger partial charge in [0, 0.05) is 19.6 Å². The van der Waals surface area contributed by atoms with Gasteiger partial charge in [-0.1, -0.05) is 6.92 Å². The van der Waals surface area contributed by atoms with Crippen LogP contribution in [0.25, 0.3) is 0 Å². The summed E-state index contributed by atoms with van der Waals surface area (Å²) in [5, 5.41) is 13.6. The molecule has 0 radical (unpaired) electrons. The van der Waals surface area contributed by atoms with E-state index in [4.69, 9.17) is 10.8 Å². The zero-order valence-electron chi connectivity index (χ0n) is 10.9. The highest BCUT2D eigenvalue weighted by Crippen LogP contribution is 2.18. The first-order valence-electron chi connectivity index (χ1n) is 6.19. The number of urea groups is 1. The molecule has 0 aliphatic carbocycles. The van der Waals surface area contributed by atoms with Gasteiger partial charge in [-0.2, -0.15) is 0 Å². The van der Waals surface area contributed by atoms with Gasteiger partial charge in [-0.05, 0) is 12.8 Å². The minimum Gasteiger partial charge on any atom is -0.480 e. The molecule has 1 rings (SSSR count). The lowest BCUT2D eigenvalue weighted by Gasteiger charge is -2.19. The molecule has 5 N–H and O–H groups in total. The minimum atomic E-state index is -1.30. The van der Waals surface area contributed by atoms with Crippen LogP contribution in [0.15, 0.2) is 0 Å². The molecule has 1 aliphatic heterocycles. The fourth-order valence-electron chi connectivity index (χ4n) is 1.88. The molecule has 0 bridgehead atoms. The average molecular weight is 272 g/mol. The summed E-state index contributed by atoms with van der Waals surface area (Å²) in [4.78, 5) is 35.3. The Morgan fingerprint density at radius 1 is 1.42 bits per heavy atom. The Balaban J connectivity index is 2.35. The number of hydrogen-bond acceptors (Lipinski definition) is 5. The number of rotatable bonds is 5. The highest BCUT2D eigenvalue weighted by molar-refractivity contribution is 5.95. The van der Waals surface area contributed by atoms with Crippen molar-refractivity contribution in [2.75, 3.05) is 26.2 Å². The van der Waals surface area contributed by atoms with Gasteiger partial charge in [0.1, 0.15) is 5.54 Å². The maximum absolute atomic E-state index is 11.6. The van der Waals surface area contributed by atoms with E-state index in [1.807, 2.05) is 6.92 Å². The van der Waals surface area contributed by atoms with Crippen molar-refractivity contribution < 1.29 is 19.5 Å². The van der Waals surface area contributed by atoms with Crippen molar-refractivity contribution in [1.82, 2.24) is 15.5 Å². The first-order valence-corrected chi connectivity index (χ1v) is 6.19. The number of carboxylic acids is 1. The Hall–Kier alpha value is -1.67. The van der Waals surface area contributed by atoms with Gasteiger partial charge in [0.25, 0.3) is 0 Å². The lowest BCUT2D eigenvalue weighted by Crippen LogP contribution is -2.51. The van der Waals surface area contributed by atoms with Crippen LogP contribution in [0.3, 0.4) is 0 Å². The summed E-state index contributed by atoms with van der Waals surface area (Å²) in [5.74, 6) is -1.54. The molecule has 3 amide bonds. The average Bonchev–Trinajstić information content (AvgIpc) is 2.69. The third-order valence-corrected chi connectivity index (χ3v) is 2.96. The lowest BCUT2D eigenvalue weighted by atomic mass is 10.0. The van der Waals surface area contributed by atoms with Gasteiger partial charge in [0.15, 0.2) is 0 Å². The van der Waals surface area contributed by atoms with E-state index in [2.05, 4.69) is 10.6 Å². The van der Waals surface area contributed by atoms with Crippen molar-refractivity contribution in [3.8, 4) is 0 Å². The zero-order valence-corrected chi connectivity index (χ0v) is 10.9. The largest absolute Gasteiger partial charge is 0.480 e. The third kappa shape index (κ3) is 4.49. The van der Waals surface area contributed by atoms with Crippen LogP contribution in [0.5, 0.6) is 0 Å². The van der Waals surface area contributed by atoms with Crippen molar-refractivity contribution in [2.24, 2.45) is 5.73 Å². The lowest BCUT2D eigenvalue weighted by molar-refractivity contribution is -0.143.